The number of benzene rings is 1. The van der Waals surface area contributed by atoms with Gasteiger partial charge in [0.2, 0.25) is 0 Å². The van der Waals surface area contributed by atoms with Crippen LogP contribution in [-0.4, -0.2) is 20.0 Å². The smallest absolute Gasteiger partial charge is 0.179 e. The number of methoxy groups -OCH3 is 1. The van der Waals surface area contributed by atoms with Crippen LogP contribution in [0.5, 0.6) is 11.5 Å². The van der Waals surface area contributed by atoms with Crippen LogP contribution in [0.4, 0.5) is 4.39 Å². The van der Waals surface area contributed by atoms with E-state index in [1.54, 1.807) is 6.92 Å². The van der Waals surface area contributed by atoms with Gasteiger partial charge in [0.25, 0.3) is 0 Å². The molecular formula is C10H11FO3. The number of carbonyl (C=O) groups is 1. The molecule has 4 heteroatoms. The molecule has 0 heterocycles. The predicted octanol–water partition coefficient (Wildman–Crippen LogP) is 2.05. The van der Waals surface area contributed by atoms with Gasteiger partial charge in [0.15, 0.2) is 17.9 Å². The average Bonchev–Trinajstić information content (AvgIpc) is 2.19. The highest BCUT2D eigenvalue weighted by atomic mass is 19.1. The van der Waals surface area contributed by atoms with Gasteiger partial charge in [0.1, 0.15) is 5.75 Å². The van der Waals surface area contributed by atoms with Gasteiger partial charge in [-0.25, -0.2) is 4.39 Å². The van der Waals surface area contributed by atoms with E-state index in [0.717, 1.165) is 0 Å². The van der Waals surface area contributed by atoms with Gasteiger partial charge in [0, 0.05) is 0 Å². The van der Waals surface area contributed by atoms with E-state index >= 15 is 0 Å². The topological polar surface area (TPSA) is 35.5 Å². The molecule has 3 nitrogen and oxygen atoms in total. The van der Waals surface area contributed by atoms with Crippen molar-refractivity contribution in [1.29, 1.82) is 0 Å². The number of rotatable bonds is 4. The second-order valence-electron chi connectivity index (χ2n) is 2.54. The van der Waals surface area contributed by atoms with Crippen molar-refractivity contribution < 1.29 is 18.7 Å². The minimum atomic E-state index is -0.687. The van der Waals surface area contributed by atoms with E-state index in [9.17, 15) is 9.18 Å². The zero-order valence-electron chi connectivity index (χ0n) is 8.04. The Hall–Kier alpha value is -1.58. The Bertz CT molecular complexity index is 336. The van der Waals surface area contributed by atoms with Crippen LogP contribution in [0.1, 0.15) is 17.3 Å². The number of hydrogen-bond acceptors (Lipinski definition) is 3. The van der Waals surface area contributed by atoms with E-state index < -0.39 is 5.82 Å². The van der Waals surface area contributed by atoms with E-state index in [-0.39, 0.29) is 17.1 Å². The first-order valence-corrected chi connectivity index (χ1v) is 4.19. The molecule has 1 aromatic carbocycles. The van der Waals surface area contributed by atoms with Crippen LogP contribution in [0.25, 0.3) is 0 Å². The van der Waals surface area contributed by atoms with E-state index in [1.165, 1.54) is 19.2 Å². The monoisotopic (exact) mass is 198 g/mol. The Morgan fingerprint density at radius 1 is 1.43 bits per heavy atom. The lowest BCUT2D eigenvalue weighted by Crippen LogP contribution is -2.00. The zero-order valence-corrected chi connectivity index (χ0v) is 8.04. The molecule has 76 valence electrons. The Labute approximate surface area is 81.4 Å². The summed E-state index contributed by atoms with van der Waals surface area (Å²) in [7, 11) is 1.34. The van der Waals surface area contributed by atoms with Gasteiger partial charge in [0.05, 0.1) is 19.3 Å². The van der Waals surface area contributed by atoms with Gasteiger partial charge in [-0.1, -0.05) is 0 Å². The molecule has 0 amide bonds. The third kappa shape index (κ3) is 1.84. The SMILES string of the molecule is CCOc1ccc(OC)c(F)c1C=O. The van der Waals surface area contributed by atoms with Crippen LogP contribution >= 0.6 is 0 Å². The Balaban J connectivity index is 3.21. The molecule has 0 aliphatic rings. The fourth-order valence-corrected chi connectivity index (χ4v) is 1.10. The molecule has 14 heavy (non-hydrogen) atoms. The highest BCUT2D eigenvalue weighted by Gasteiger charge is 2.13. The maximum Gasteiger partial charge on any atom is 0.179 e. The quantitative estimate of drug-likeness (QED) is 0.694. The van der Waals surface area contributed by atoms with E-state index in [4.69, 9.17) is 9.47 Å². The van der Waals surface area contributed by atoms with Crippen LogP contribution < -0.4 is 9.47 Å². The van der Waals surface area contributed by atoms with Crippen LogP contribution in [0.15, 0.2) is 12.1 Å². The van der Waals surface area contributed by atoms with Crippen molar-refractivity contribution in [2.24, 2.45) is 0 Å². The van der Waals surface area contributed by atoms with Gasteiger partial charge in [-0.15, -0.1) is 0 Å². The molecule has 0 N–H and O–H groups in total. The van der Waals surface area contributed by atoms with Gasteiger partial charge >= 0.3 is 0 Å². The number of carbonyl (C=O) groups excluding carboxylic acids is 1. The maximum atomic E-state index is 13.4. The lowest BCUT2D eigenvalue weighted by atomic mass is 10.2. The van der Waals surface area contributed by atoms with Gasteiger partial charge in [-0.3, -0.25) is 4.79 Å². The predicted molar refractivity (Wildman–Crippen MR) is 49.5 cm³/mol. The lowest BCUT2D eigenvalue weighted by molar-refractivity contribution is 0.111. The van der Waals surface area contributed by atoms with E-state index in [1.807, 2.05) is 0 Å². The highest BCUT2D eigenvalue weighted by Crippen LogP contribution is 2.27. The first kappa shape index (κ1) is 10.5. The molecule has 0 saturated carbocycles. The zero-order chi connectivity index (χ0) is 10.6. The molecule has 1 rings (SSSR count). The largest absolute Gasteiger partial charge is 0.494 e. The van der Waals surface area contributed by atoms with E-state index in [0.29, 0.717) is 12.9 Å². The second-order valence-corrected chi connectivity index (χ2v) is 2.54. The third-order valence-corrected chi connectivity index (χ3v) is 1.74. The molecule has 0 saturated heterocycles. The number of halogens is 1. The first-order valence-electron chi connectivity index (χ1n) is 4.19. The van der Waals surface area contributed by atoms with Crippen LogP contribution in [0.2, 0.25) is 0 Å². The summed E-state index contributed by atoms with van der Waals surface area (Å²) in [6.07, 6.45) is 0.419. The molecule has 0 spiro atoms. The fourth-order valence-electron chi connectivity index (χ4n) is 1.10. The molecule has 1 aromatic rings. The van der Waals surface area contributed by atoms with Crippen molar-refractivity contribution >= 4 is 6.29 Å². The molecule has 0 aliphatic heterocycles. The van der Waals surface area contributed by atoms with Crippen LogP contribution in [0.3, 0.4) is 0 Å². The van der Waals surface area contributed by atoms with Gasteiger partial charge < -0.3 is 9.47 Å². The van der Waals surface area contributed by atoms with Gasteiger partial charge in [-0.05, 0) is 19.1 Å². The van der Waals surface area contributed by atoms with Gasteiger partial charge in [-0.2, -0.15) is 0 Å². The summed E-state index contributed by atoms with van der Waals surface area (Å²) in [5.74, 6) is -0.412. The minimum Gasteiger partial charge on any atom is -0.494 e. The fraction of sp³-hybridized carbons (Fsp3) is 0.300. The summed E-state index contributed by atoms with van der Waals surface area (Å²) in [5, 5.41) is 0. The van der Waals surface area contributed by atoms with Crippen LogP contribution in [-0.2, 0) is 0 Å². The Morgan fingerprint density at radius 2 is 2.07 bits per heavy atom. The summed E-state index contributed by atoms with van der Waals surface area (Å²) < 4.78 is 23.2. The maximum absolute atomic E-state index is 13.4. The van der Waals surface area contributed by atoms with Crippen molar-refractivity contribution in [2.45, 2.75) is 6.92 Å². The van der Waals surface area contributed by atoms with Crippen molar-refractivity contribution in [2.75, 3.05) is 13.7 Å². The minimum absolute atomic E-state index is 0.0375. The molecule has 0 atom stereocenters. The summed E-state index contributed by atoms with van der Waals surface area (Å²) in [5.41, 5.74) is -0.105. The summed E-state index contributed by atoms with van der Waals surface area (Å²) >= 11 is 0. The van der Waals surface area contributed by atoms with Crippen molar-refractivity contribution in [3.8, 4) is 11.5 Å². The van der Waals surface area contributed by atoms with Crippen molar-refractivity contribution in [3.63, 3.8) is 0 Å². The summed E-state index contributed by atoms with van der Waals surface area (Å²) in [4.78, 5) is 10.6. The molecule has 0 bridgehead atoms. The number of ether oxygens (including phenoxy) is 2. The Kier molecular flexibility index (Phi) is 3.45. The van der Waals surface area contributed by atoms with E-state index in [2.05, 4.69) is 0 Å². The number of hydrogen-bond donors (Lipinski definition) is 0. The number of aldehydes is 1. The lowest BCUT2D eigenvalue weighted by Gasteiger charge is -2.09. The average molecular weight is 198 g/mol. The molecule has 0 unspecified atom stereocenters. The molecular weight excluding hydrogens is 187 g/mol. The summed E-state index contributed by atoms with van der Waals surface area (Å²) in [6.45, 7) is 2.14. The van der Waals surface area contributed by atoms with Crippen LogP contribution in [0, 0.1) is 5.82 Å². The second kappa shape index (κ2) is 4.60. The molecule has 0 aliphatic carbocycles. The first-order chi connectivity index (χ1) is 6.74. The van der Waals surface area contributed by atoms with Crippen molar-refractivity contribution in [3.05, 3.63) is 23.5 Å². The Morgan fingerprint density at radius 3 is 2.57 bits per heavy atom. The normalized spacial score (nSPS) is 9.64. The standard InChI is InChI=1S/C10H11FO3/c1-3-14-8-4-5-9(13-2)10(11)7(8)6-12/h4-6H,3H2,1-2H3. The molecule has 0 aromatic heterocycles. The molecule has 0 fully saturated rings. The van der Waals surface area contributed by atoms with Crippen molar-refractivity contribution in [1.82, 2.24) is 0 Å². The third-order valence-electron chi connectivity index (χ3n) is 1.74. The highest BCUT2D eigenvalue weighted by molar-refractivity contribution is 5.80. The molecule has 0 radical (unpaired) electrons. The summed E-state index contributed by atoms with van der Waals surface area (Å²) in [6, 6.07) is 2.93.